The Kier molecular flexibility index (Phi) is 4.49. The summed E-state index contributed by atoms with van der Waals surface area (Å²) < 4.78 is 7.06. The predicted octanol–water partition coefficient (Wildman–Crippen LogP) is 3.22. The number of ether oxygens (including phenoxy) is 1. The lowest BCUT2D eigenvalue weighted by molar-refractivity contribution is 0.0607. The molecule has 0 spiro atoms. The Labute approximate surface area is 149 Å². The van der Waals surface area contributed by atoms with Crippen LogP contribution in [0.2, 0.25) is 0 Å². The van der Waals surface area contributed by atoms with E-state index in [0.717, 1.165) is 10.9 Å². The fourth-order valence-electron chi connectivity index (χ4n) is 2.20. The van der Waals surface area contributed by atoms with Gasteiger partial charge in [-0.1, -0.05) is 0 Å². The number of thiophene rings is 1. The molecule has 0 bridgehead atoms. The number of pyridine rings is 1. The van der Waals surface area contributed by atoms with Gasteiger partial charge in [0.1, 0.15) is 4.88 Å². The van der Waals surface area contributed by atoms with Gasteiger partial charge in [0, 0.05) is 18.6 Å². The molecule has 0 fully saturated rings. The second-order valence-electron chi connectivity index (χ2n) is 4.76. The largest absolute Gasteiger partial charge is 0.465 e. The first kappa shape index (κ1) is 16.4. The molecule has 2 N–H and O–H groups in total. The molecular formula is C14H12BrN5O3S. The lowest BCUT2D eigenvalue weighted by Gasteiger charge is -2.09. The van der Waals surface area contributed by atoms with Gasteiger partial charge in [0.15, 0.2) is 0 Å². The van der Waals surface area contributed by atoms with Crippen molar-refractivity contribution in [2.45, 2.75) is 0 Å². The molecule has 24 heavy (non-hydrogen) atoms. The fraction of sp³-hybridized carbons (Fsp3) is 0.143. The number of anilines is 2. The van der Waals surface area contributed by atoms with Crippen molar-refractivity contribution in [1.82, 2.24) is 14.8 Å². The molecule has 3 heterocycles. The van der Waals surface area contributed by atoms with Crippen LogP contribution in [0, 0.1) is 0 Å². The average molecular weight is 410 g/mol. The molecule has 2 amide bonds. The third-order valence-corrected chi connectivity index (χ3v) is 4.83. The van der Waals surface area contributed by atoms with E-state index in [1.165, 1.54) is 24.6 Å². The lowest BCUT2D eigenvalue weighted by atomic mass is 10.3. The highest BCUT2D eigenvalue weighted by atomic mass is 79.9. The number of rotatable bonds is 3. The quantitative estimate of drug-likeness (QED) is 0.647. The van der Waals surface area contributed by atoms with Gasteiger partial charge < -0.3 is 15.4 Å². The molecule has 0 saturated carbocycles. The first-order valence-corrected chi connectivity index (χ1v) is 8.32. The molecular weight excluding hydrogens is 398 g/mol. The number of aromatic nitrogens is 3. The van der Waals surface area contributed by atoms with Gasteiger partial charge in [-0.25, -0.2) is 9.59 Å². The van der Waals surface area contributed by atoms with E-state index in [9.17, 15) is 9.59 Å². The molecule has 0 unspecified atom stereocenters. The van der Waals surface area contributed by atoms with Crippen LogP contribution in [0.5, 0.6) is 0 Å². The maximum absolute atomic E-state index is 12.3. The molecule has 0 atom stereocenters. The highest BCUT2D eigenvalue weighted by Gasteiger charge is 2.18. The molecule has 0 aromatic carbocycles. The maximum Gasteiger partial charge on any atom is 0.350 e. The number of nitrogens with one attached hydrogen (secondary N) is 2. The topological polar surface area (TPSA) is 98.1 Å². The fourth-order valence-corrected chi connectivity index (χ4v) is 3.67. The molecule has 3 aromatic rings. The van der Waals surface area contributed by atoms with Gasteiger partial charge in [0.2, 0.25) is 0 Å². The summed E-state index contributed by atoms with van der Waals surface area (Å²) in [5.74, 6) is -0.517. The molecule has 0 aliphatic heterocycles. The summed E-state index contributed by atoms with van der Waals surface area (Å²) in [5.41, 5.74) is 1.63. The summed E-state index contributed by atoms with van der Waals surface area (Å²) in [5, 5.41) is 10.3. The predicted molar refractivity (Wildman–Crippen MR) is 94.5 cm³/mol. The Balaban J connectivity index is 1.84. The van der Waals surface area contributed by atoms with E-state index in [1.807, 2.05) is 0 Å². The Hall–Kier alpha value is -2.46. The van der Waals surface area contributed by atoms with Crippen LogP contribution in [0.15, 0.2) is 28.4 Å². The van der Waals surface area contributed by atoms with Gasteiger partial charge in [0.25, 0.3) is 0 Å². The third kappa shape index (κ3) is 3.10. The van der Waals surface area contributed by atoms with E-state index in [2.05, 4.69) is 36.6 Å². The van der Waals surface area contributed by atoms with Crippen molar-refractivity contribution < 1.29 is 14.3 Å². The number of carbonyl (C=O) groups excluding carboxylic acids is 2. The number of carbonyl (C=O) groups is 2. The van der Waals surface area contributed by atoms with Crippen molar-refractivity contribution in [3.63, 3.8) is 0 Å². The minimum atomic E-state index is -0.517. The summed E-state index contributed by atoms with van der Waals surface area (Å²) in [6.07, 6.45) is 4.86. The van der Waals surface area contributed by atoms with E-state index in [4.69, 9.17) is 4.74 Å². The molecule has 10 heteroatoms. The van der Waals surface area contributed by atoms with Crippen LogP contribution in [0.4, 0.5) is 16.2 Å². The number of hydrogen-bond acceptors (Lipinski definition) is 6. The summed E-state index contributed by atoms with van der Waals surface area (Å²) in [4.78, 5) is 28.4. The zero-order chi connectivity index (χ0) is 17.3. The summed E-state index contributed by atoms with van der Waals surface area (Å²) in [6, 6.07) is 1.14. The second-order valence-corrected chi connectivity index (χ2v) is 7.19. The van der Waals surface area contributed by atoms with Crippen molar-refractivity contribution in [2.75, 3.05) is 17.7 Å². The van der Waals surface area contributed by atoms with Crippen LogP contribution in [-0.2, 0) is 11.8 Å². The van der Waals surface area contributed by atoms with E-state index in [1.54, 1.807) is 30.2 Å². The third-order valence-electron chi connectivity index (χ3n) is 3.21. The number of hydrogen-bond donors (Lipinski definition) is 2. The van der Waals surface area contributed by atoms with Crippen LogP contribution >= 0.6 is 27.3 Å². The SMILES string of the molecule is COC(=O)c1sc(Br)cc1NC(=O)Nc1cncc2cnn(C)c12. The van der Waals surface area contributed by atoms with Crippen LogP contribution in [0.1, 0.15) is 9.67 Å². The average Bonchev–Trinajstić information content (AvgIpc) is 3.10. The minimum absolute atomic E-state index is 0.302. The van der Waals surface area contributed by atoms with Crippen molar-refractivity contribution >= 4 is 61.5 Å². The molecule has 3 aromatic heterocycles. The summed E-state index contributed by atoms with van der Waals surface area (Å²) >= 11 is 4.47. The first-order chi connectivity index (χ1) is 11.5. The highest BCUT2D eigenvalue weighted by Crippen LogP contribution is 2.32. The van der Waals surface area contributed by atoms with Gasteiger partial charge in [-0.3, -0.25) is 9.67 Å². The van der Waals surface area contributed by atoms with Crippen LogP contribution in [0.25, 0.3) is 10.9 Å². The van der Waals surface area contributed by atoms with Crippen molar-refractivity contribution in [1.29, 1.82) is 0 Å². The second kappa shape index (κ2) is 6.57. The molecule has 0 saturated heterocycles. The van der Waals surface area contributed by atoms with Gasteiger partial charge in [-0.2, -0.15) is 5.10 Å². The number of amides is 2. The van der Waals surface area contributed by atoms with Crippen LogP contribution in [-0.4, -0.2) is 33.9 Å². The molecule has 8 nitrogen and oxygen atoms in total. The van der Waals surface area contributed by atoms with Crippen molar-refractivity contribution in [3.05, 3.63) is 33.3 Å². The molecule has 124 valence electrons. The number of fused-ring (bicyclic) bond motifs is 1. The van der Waals surface area contributed by atoms with Crippen molar-refractivity contribution in [2.24, 2.45) is 7.05 Å². The number of aryl methyl sites for hydroxylation is 1. The van der Waals surface area contributed by atoms with Crippen molar-refractivity contribution in [3.8, 4) is 0 Å². The molecule has 0 aliphatic rings. The van der Waals surface area contributed by atoms with Gasteiger partial charge in [0.05, 0.1) is 40.2 Å². The van der Waals surface area contributed by atoms with Gasteiger partial charge >= 0.3 is 12.0 Å². The smallest absolute Gasteiger partial charge is 0.350 e. The Morgan fingerprint density at radius 1 is 1.25 bits per heavy atom. The van der Waals surface area contributed by atoms with E-state index in [0.29, 0.717) is 20.0 Å². The number of halogens is 1. The zero-order valence-corrected chi connectivity index (χ0v) is 15.1. The zero-order valence-electron chi connectivity index (χ0n) is 12.7. The minimum Gasteiger partial charge on any atom is -0.465 e. The van der Waals surface area contributed by atoms with E-state index < -0.39 is 12.0 Å². The van der Waals surface area contributed by atoms with Crippen LogP contribution < -0.4 is 10.6 Å². The number of methoxy groups -OCH3 is 1. The number of nitrogens with zero attached hydrogens (tertiary/aromatic N) is 3. The Morgan fingerprint density at radius 3 is 2.75 bits per heavy atom. The number of urea groups is 1. The Bertz CT molecular complexity index is 936. The van der Waals surface area contributed by atoms with Crippen LogP contribution in [0.3, 0.4) is 0 Å². The summed E-state index contributed by atoms with van der Waals surface area (Å²) in [7, 11) is 3.06. The van der Waals surface area contributed by atoms with Gasteiger partial charge in [-0.05, 0) is 22.0 Å². The Morgan fingerprint density at radius 2 is 2.00 bits per heavy atom. The van der Waals surface area contributed by atoms with E-state index in [-0.39, 0.29) is 0 Å². The van der Waals surface area contributed by atoms with Gasteiger partial charge in [-0.15, -0.1) is 11.3 Å². The monoisotopic (exact) mass is 409 g/mol. The molecule has 0 radical (unpaired) electrons. The summed E-state index contributed by atoms with van der Waals surface area (Å²) in [6.45, 7) is 0. The lowest BCUT2D eigenvalue weighted by Crippen LogP contribution is -2.21. The molecule has 0 aliphatic carbocycles. The normalized spacial score (nSPS) is 10.6. The maximum atomic E-state index is 12.3. The van der Waals surface area contributed by atoms with E-state index >= 15 is 0 Å². The molecule has 3 rings (SSSR count). The highest BCUT2D eigenvalue weighted by molar-refractivity contribution is 9.11. The standard InChI is InChI=1S/C14H12BrN5O3S/c1-20-11-7(5-17-20)4-16-6-9(11)19-14(22)18-8-3-10(15)24-12(8)13(21)23-2/h3-6H,1-2H3,(H2,18,19,22). The first-order valence-electron chi connectivity index (χ1n) is 6.71. The number of esters is 1.